The molecule has 0 aromatic carbocycles. The molecule has 18 heavy (non-hydrogen) atoms. The summed E-state index contributed by atoms with van der Waals surface area (Å²) in [5.74, 6) is -1.65. The molecule has 7 nitrogen and oxygen atoms in total. The van der Waals surface area contributed by atoms with Crippen LogP contribution >= 0.6 is 0 Å². The Kier molecular flexibility index (Phi) is 4.85. The number of hydrogen-bond donors (Lipinski definition) is 3. The molecule has 3 N–H and O–H groups in total. The quantitative estimate of drug-likeness (QED) is 0.615. The van der Waals surface area contributed by atoms with Gasteiger partial charge in [0, 0.05) is 25.4 Å². The number of carbonyl (C=O) groups is 2. The SMILES string of the molecule is CC(O)(CNC(=O)CCCn1cccn1)C(=O)O. The molecule has 0 aliphatic rings. The van der Waals surface area contributed by atoms with E-state index in [4.69, 9.17) is 5.11 Å². The molecule has 1 unspecified atom stereocenters. The molecule has 1 amide bonds. The fourth-order valence-electron chi connectivity index (χ4n) is 1.27. The summed E-state index contributed by atoms with van der Waals surface area (Å²) >= 11 is 0. The summed E-state index contributed by atoms with van der Waals surface area (Å²) in [6.07, 6.45) is 4.32. The smallest absolute Gasteiger partial charge is 0.337 e. The number of nitrogens with zero attached hydrogens (tertiary/aromatic N) is 2. The Hall–Kier alpha value is -1.89. The van der Waals surface area contributed by atoms with Gasteiger partial charge in [0.25, 0.3) is 0 Å². The zero-order valence-electron chi connectivity index (χ0n) is 10.2. The lowest BCUT2D eigenvalue weighted by molar-refractivity contribution is -0.156. The highest BCUT2D eigenvalue weighted by Crippen LogP contribution is 2.01. The van der Waals surface area contributed by atoms with E-state index in [1.54, 1.807) is 23.1 Å². The van der Waals surface area contributed by atoms with Crippen LogP contribution in [0.15, 0.2) is 18.5 Å². The molecule has 7 heteroatoms. The van der Waals surface area contributed by atoms with Gasteiger partial charge in [0.2, 0.25) is 5.91 Å². The second kappa shape index (κ2) is 6.15. The summed E-state index contributed by atoms with van der Waals surface area (Å²) in [5, 5.41) is 24.4. The summed E-state index contributed by atoms with van der Waals surface area (Å²) in [7, 11) is 0. The highest BCUT2D eigenvalue weighted by atomic mass is 16.4. The van der Waals surface area contributed by atoms with Crippen molar-refractivity contribution >= 4 is 11.9 Å². The summed E-state index contributed by atoms with van der Waals surface area (Å²) < 4.78 is 1.71. The first-order chi connectivity index (χ1) is 8.42. The van der Waals surface area contributed by atoms with Gasteiger partial charge in [-0.15, -0.1) is 0 Å². The van der Waals surface area contributed by atoms with Gasteiger partial charge >= 0.3 is 5.97 Å². The molecule has 1 aromatic rings. The van der Waals surface area contributed by atoms with Gasteiger partial charge in [-0.3, -0.25) is 9.48 Å². The second-order valence-corrected chi connectivity index (χ2v) is 4.23. The zero-order chi connectivity index (χ0) is 13.6. The third kappa shape index (κ3) is 4.54. The molecule has 0 saturated heterocycles. The van der Waals surface area contributed by atoms with E-state index in [1.807, 2.05) is 0 Å². The lowest BCUT2D eigenvalue weighted by atomic mass is 10.1. The molecule has 1 aromatic heterocycles. The molecule has 0 aliphatic carbocycles. The van der Waals surface area contributed by atoms with Gasteiger partial charge in [-0.25, -0.2) is 4.79 Å². The standard InChI is InChI=1S/C11H17N3O4/c1-11(18,10(16)17)8-12-9(15)4-2-6-14-7-3-5-13-14/h3,5,7,18H,2,4,6,8H2,1H3,(H,12,15)(H,16,17). The Morgan fingerprint density at radius 3 is 2.78 bits per heavy atom. The summed E-state index contributed by atoms with van der Waals surface area (Å²) in [5.41, 5.74) is -1.93. The lowest BCUT2D eigenvalue weighted by Crippen LogP contribution is -2.46. The number of carbonyl (C=O) groups excluding carboxylic acids is 1. The molecular weight excluding hydrogens is 238 g/mol. The van der Waals surface area contributed by atoms with Crippen molar-refractivity contribution in [3.8, 4) is 0 Å². The Morgan fingerprint density at radius 1 is 1.50 bits per heavy atom. The number of hydrogen-bond acceptors (Lipinski definition) is 4. The van der Waals surface area contributed by atoms with Crippen molar-refractivity contribution in [1.29, 1.82) is 0 Å². The Balaban J connectivity index is 2.20. The molecule has 0 bridgehead atoms. The van der Waals surface area contributed by atoms with Crippen LogP contribution in [0.2, 0.25) is 0 Å². The monoisotopic (exact) mass is 255 g/mol. The minimum atomic E-state index is -1.93. The topological polar surface area (TPSA) is 104 Å². The maximum Gasteiger partial charge on any atom is 0.337 e. The number of aliphatic carboxylic acids is 1. The first-order valence-corrected chi connectivity index (χ1v) is 5.62. The van der Waals surface area contributed by atoms with Gasteiger partial charge in [-0.1, -0.05) is 0 Å². The maximum atomic E-state index is 11.4. The predicted octanol–water partition coefficient (Wildman–Crippen LogP) is -0.385. The number of rotatable bonds is 7. The molecule has 0 spiro atoms. The molecule has 100 valence electrons. The van der Waals surface area contributed by atoms with Crippen molar-refractivity contribution in [1.82, 2.24) is 15.1 Å². The summed E-state index contributed by atoms with van der Waals surface area (Å²) in [6, 6.07) is 1.80. The fraction of sp³-hybridized carbons (Fsp3) is 0.545. The number of aryl methyl sites for hydroxylation is 1. The third-order valence-electron chi connectivity index (χ3n) is 2.44. The van der Waals surface area contributed by atoms with E-state index in [9.17, 15) is 14.7 Å². The first-order valence-electron chi connectivity index (χ1n) is 5.62. The van der Waals surface area contributed by atoms with E-state index in [1.165, 1.54) is 0 Å². The normalized spacial score (nSPS) is 13.9. The second-order valence-electron chi connectivity index (χ2n) is 4.23. The van der Waals surface area contributed by atoms with Crippen LogP contribution in [0, 0.1) is 0 Å². The average Bonchev–Trinajstić information content (AvgIpc) is 2.79. The molecule has 0 radical (unpaired) electrons. The maximum absolute atomic E-state index is 11.4. The molecule has 1 rings (SSSR count). The Labute approximate surface area is 104 Å². The van der Waals surface area contributed by atoms with Crippen molar-refractivity contribution < 1.29 is 19.8 Å². The summed E-state index contributed by atoms with van der Waals surface area (Å²) in [6.45, 7) is 1.46. The minimum Gasteiger partial charge on any atom is -0.479 e. The van der Waals surface area contributed by atoms with Gasteiger partial charge in [-0.2, -0.15) is 5.10 Å². The molecule has 1 heterocycles. The minimum absolute atomic E-state index is 0.259. The van der Waals surface area contributed by atoms with Gasteiger partial charge in [0.15, 0.2) is 5.60 Å². The van der Waals surface area contributed by atoms with Gasteiger partial charge < -0.3 is 15.5 Å². The van der Waals surface area contributed by atoms with E-state index < -0.39 is 11.6 Å². The Morgan fingerprint density at radius 2 is 2.22 bits per heavy atom. The number of amides is 1. The van der Waals surface area contributed by atoms with Crippen LogP contribution in [0.3, 0.4) is 0 Å². The molecule has 1 atom stereocenters. The van der Waals surface area contributed by atoms with E-state index in [2.05, 4.69) is 10.4 Å². The van der Waals surface area contributed by atoms with Gasteiger partial charge in [0.05, 0.1) is 6.54 Å². The number of nitrogens with one attached hydrogen (secondary N) is 1. The number of carboxylic acid groups (broad SMARTS) is 1. The molecule has 0 aliphatic heterocycles. The fourth-order valence-corrected chi connectivity index (χ4v) is 1.27. The third-order valence-corrected chi connectivity index (χ3v) is 2.44. The Bertz CT molecular complexity index is 400. The van der Waals surface area contributed by atoms with Crippen LogP contribution in [0.1, 0.15) is 19.8 Å². The highest BCUT2D eigenvalue weighted by molar-refractivity contribution is 5.80. The van der Waals surface area contributed by atoms with Crippen molar-refractivity contribution in [3.63, 3.8) is 0 Å². The number of aromatic nitrogens is 2. The highest BCUT2D eigenvalue weighted by Gasteiger charge is 2.29. The largest absolute Gasteiger partial charge is 0.479 e. The first kappa shape index (κ1) is 14.2. The van der Waals surface area contributed by atoms with Crippen molar-refractivity contribution in [3.05, 3.63) is 18.5 Å². The van der Waals surface area contributed by atoms with E-state index in [-0.39, 0.29) is 18.9 Å². The van der Waals surface area contributed by atoms with Crippen LogP contribution in [-0.4, -0.2) is 44.0 Å². The number of carboxylic acids is 1. The van der Waals surface area contributed by atoms with Crippen LogP contribution in [0.25, 0.3) is 0 Å². The van der Waals surface area contributed by atoms with E-state index in [0.29, 0.717) is 13.0 Å². The number of aliphatic hydroxyl groups is 1. The lowest BCUT2D eigenvalue weighted by Gasteiger charge is -2.18. The van der Waals surface area contributed by atoms with E-state index in [0.717, 1.165) is 6.92 Å². The van der Waals surface area contributed by atoms with E-state index >= 15 is 0 Å². The molecular formula is C11H17N3O4. The van der Waals surface area contributed by atoms with Crippen molar-refractivity contribution in [2.45, 2.75) is 31.9 Å². The van der Waals surface area contributed by atoms with Gasteiger partial charge in [0.1, 0.15) is 0 Å². The molecule has 0 saturated carbocycles. The van der Waals surface area contributed by atoms with Crippen LogP contribution < -0.4 is 5.32 Å². The zero-order valence-corrected chi connectivity index (χ0v) is 10.2. The van der Waals surface area contributed by atoms with Crippen LogP contribution in [-0.2, 0) is 16.1 Å². The van der Waals surface area contributed by atoms with Crippen molar-refractivity contribution in [2.75, 3.05) is 6.54 Å². The predicted molar refractivity (Wildman–Crippen MR) is 62.7 cm³/mol. The van der Waals surface area contributed by atoms with Crippen molar-refractivity contribution in [2.24, 2.45) is 0 Å². The molecule has 0 fully saturated rings. The average molecular weight is 255 g/mol. The van der Waals surface area contributed by atoms with Gasteiger partial charge in [-0.05, 0) is 19.4 Å². The van der Waals surface area contributed by atoms with Crippen LogP contribution in [0.5, 0.6) is 0 Å². The van der Waals surface area contributed by atoms with Crippen LogP contribution in [0.4, 0.5) is 0 Å². The summed E-state index contributed by atoms with van der Waals surface area (Å²) in [4.78, 5) is 22.0.